The fourth-order valence-electron chi connectivity index (χ4n) is 1.67. The highest BCUT2D eigenvalue weighted by molar-refractivity contribution is 5.57. The number of anilines is 3. The van der Waals surface area contributed by atoms with Crippen LogP contribution in [0.2, 0.25) is 0 Å². The van der Waals surface area contributed by atoms with E-state index < -0.39 is 0 Å². The van der Waals surface area contributed by atoms with Crippen molar-refractivity contribution < 1.29 is 0 Å². The first-order valence-electron chi connectivity index (χ1n) is 6.06. The van der Waals surface area contributed by atoms with Gasteiger partial charge >= 0.3 is 0 Å². The molecule has 1 heterocycles. The van der Waals surface area contributed by atoms with Crippen LogP contribution < -0.4 is 10.6 Å². The van der Waals surface area contributed by atoms with Crippen molar-refractivity contribution in [3.8, 4) is 0 Å². The molecule has 0 unspecified atom stereocenters. The Morgan fingerprint density at radius 3 is 2.61 bits per heavy atom. The van der Waals surface area contributed by atoms with E-state index in [0.29, 0.717) is 5.92 Å². The van der Waals surface area contributed by atoms with Gasteiger partial charge in [0.15, 0.2) is 5.82 Å². The summed E-state index contributed by atoms with van der Waals surface area (Å²) in [7, 11) is 1.83. The zero-order valence-corrected chi connectivity index (χ0v) is 10.9. The quantitative estimate of drug-likeness (QED) is 0.863. The van der Waals surface area contributed by atoms with Gasteiger partial charge in [0.1, 0.15) is 5.82 Å². The summed E-state index contributed by atoms with van der Waals surface area (Å²) in [4.78, 5) is 8.50. The summed E-state index contributed by atoms with van der Waals surface area (Å²) in [5.41, 5.74) is 2.33. The number of aromatic nitrogens is 2. The highest BCUT2D eigenvalue weighted by atomic mass is 15.1. The molecule has 4 heteroatoms. The highest BCUT2D eigenvalue weighted by Crippen LogP contribution is 2.21. The van der Waals surface area contributed by atoms with E-state index in [4.69, 9.17) is 0 Å². The van der Waals surface area contributed by atoms with E-state index in [1.165, 1.54) is 5.56 Å². The third kappa shape index (κ3) is 2.97. The van der Waals surface area contributed by atoms with Gasteiger partial charge in [-0.25, -0.2) is 4.98 Å². The van der Waals surface area contributed by atoms with Gasteiger partial charge in [-0.1, -0.05) is 26.0 Å². The van der Waals surface area contributed by atoms with Crippen LogP contribution in [0.25, 0.3) is 0 Å². The van der Waals surface area contributed by atoms with Gasteiger partial charge in [-0.2, -0.15) is 0 Å². The summed E-state index contributed by atoms with van der Waals surface area (Å²) in [6.07, 6.45) is 3.40. The van der Waals surface area contributed by atoms with E-state index in [0.717, 1.165) is 17.3 Å². The van der Waals surface area contributed by atoms with Crippen LogP contribution in [-0.2, 0) is 0 Å². The van der Waals surface area contributed by atoms with Crippen molar-refractivity contribution in [2.75, 3.05) is 17.7 Å². The SMILES string of the molecule is CNc1cncc(Nc2cccc(C(C)C)c2)n1. The maximum atomic E-state index is 4.38. The van der Waals surface area contributed by atoms with Gasteiger partial charge in [-0.15, -0.1) is 0 Å². The molecule has 18 heavy (non-hydrogen) atoms. The van der Waals surface area contributed by atoms with Crippen LogP contribution in [0.15, 0.2) is 36.7 Å². The first kappa shape index (κ1) is 12.4. The average molecular weight is 242 g/mol. The van der Waals surface area contributed by atoms with Gasteiger partial charge in [-0.3, -0.25) is 4.98 Å². The van der Waals surface area contributed by atoms with Crippen LogP contribution in [0.3, 0.4) is 0 Å². The lowest BCUT2D eigenvalue weighted by molar-refractivity contribution is 0.867. The van der Waals surface area contributed by atoms with Gasteiger partial charge in [-0.05, 0) is 23.6 Å². The summed E-state index contributed by atoms with van der Waals surface area (Å²) in [6, 6.07) is 8.34. The van der Waals surface area contributed by atoms with Crippen molar-refractivity contribution in [2.24, 2.45) is 0 Å². The Bertz CT molecular complexity index is 523. The molecule has 4 nitrogen and oxygen atoms in total. The molecule has 0 aliphatic rings. The van der Waals surface area contributed by atoms with Crippen LogP contribution in [0.4, 0.5) is 17.3 Å². The topological polar surface area (TPSA) is 49.8 Å². The largest absolute Gasteiger partial charge is 0.372 e. The van der Waals surface area contributed by atoms with Crippen LogP contribution in [0.1, 0.15) is 25.3 Å². The number of hydrogen-bond acceptors (Lipinski definition) is 4. The molecule has 0 amide bonds. The Balaban J connectivity index is 2.20. The van der Waals surface area contributed by atoms with Crippen LogP contribution in [-0.4, -0.2) is 17.0 Å². The van der Waals surface area contributed by atoms with Gasteiger partial charge in [0.25, 0.3) is 0 Å². The Hall–Kier alpha value is -2.10. The summed E-state index contributed by atoms with van der Waals surface area (Å²) in [6.45, 7) is 4.36. The zero-order chi connectivity index (χ0) is 13.0. The van der Waals surface area contributed by atoms with Crippen LogP contribution >= 0.6 is 0 Å². The van der Waals surface area contributed by atoms with E-state index in [2.05, 4.69) is 46.6 Å². The van der Waals surface area contributed by atoms with E-state index >= 15 is 0 Å². The lowest BCUT2D eigenvalue weighted by Crippen LogP contribution is -1.99. The fraction of sp³-hybridized carbons (Fsp3) is 0.286. The number of nitrogens with one attached hydrogen (secondary N) is 2. The second-order valence-corrected chi connectivity index (χ2v) is 4.44. The molecule has 94 valence electrons. The predicted molar refractivity (Wildman–Crippen MR) is 75.4 cm³/mol. The molecule has 1 aromatic carbocycles. The monoisotopic (exact) mass is 242 g/mol. The molecule has 0 saturated carbocycles. The van der Waals surface area contributed by atoms with Gasteiger partial charge in [0.2, 0.25) is 0 Å². The van der Waals surface area contributed by atoms with E-state index in [1.807, 2.05) is 19.2 Å². The number of rotatable bonds is 4. The fourth-order valence-corrected chi connectivity index (χ4v) is 1.67. The molecule has 2 aromatic rings. The van der Waals surface area contributed by atoms with E-state index in [1.54, 1.807) is 12.4 Å². The van der Waals surface area contributed by atoms with Crippen molar-refractivity contribution in [1.82, 2.24) is 9.97 Å². The molecular formula is C14H18N4. The molecule has 1 aromatic heterocycles. The lowest BCUT2D eigenvalue weighted by Gasteiger charge is -2.10. The molecule has 0 aliphatic carbocycles. The van der Waals surface area contributed by atoms with Crippen molar-refractivity contribution in [2.45, 2.75) is 19.8 Å². The molecule has 0 bridgehead atoms. The molecular weight excluding hydrogens is 224 g/mol. The molecule has 2 rings (SSSR count). The standard InChI is InChI=1S/C14H18N4/c1-10(2)11-5-4-6-12(7-11)17-14-9-16-8-13(15-3)18-14/h4-10H,1-3H3,(H2,15,17,18). The van der Waals surface area contributed by atoms with E-state index in [9.17, 15) is 0 Å². The zero-order valence-electron chi connectivity index (χ0n) is 10.9. The molecule has 0 aliphatic heterocycles. The van der Waals surface area contributed by atoms with Crippen molar-refractivity contribution >= 4 is 17.3 Å². The van der Waals surface area contributed by atoms with E-state index in [-0.39, 0.29) is 0 Å². The van der Waals surface area contributed by atoms with Crippen molar-refractivity contribution in [3.63, 3.8) is 0 Å². The second kappa shape index (κ2) is 5.49. The third-order valence-electron chi connectivity index (χ3n) is 2.72. The first-order valence-corrected chi connectivity index (χ1v) is 6.06. The molecule has 0 saturated heterocycles. The summed E-state index contributed by atoms with van der Waals surface area (Å²) < 4.78 is 0. The Morgan fingerprint density at radius 2 is 1.89 bits per heavy atom. The number of benzene rings is 1. The Morgan fingerprint density at radius 1 is 1.11 bits per heavy atom. The first-order chi connectivity index (χ1) is 8.69. The maximum Gasteiger partial charge on any atom is 0.151 e. The van der Waals surface area contributed by atoms with Crippen molar-refractivity contribution in [1.29, 1.82) is 0 Å². The highest BCUT2D eigenvalue weighted by Gasteiger charge is 2.02. The molecule has 0 fully saturated rings. The normalized spacial score (nSPS) is 10.4. The molecule has 2 N–H and O–H groups in total. The Kier molecular flexibility index (Phi) is 3.77. The van der Waals surface area contributed by atoms with Gasteiger partial charge < -0.3 is 10.6 Å². The lowest BCUT2D eigenvalue weighted by atomic mass is 10.0. The Labute approximate surface area is 107 Å². The van der Waals surface area contributed by atoms with Crippen molar-refractivity contribution in [3.05, 3.63) is 42.2 Å². The molecule has 0 radical (unpaired) electrons. The predicted octanol–water partition coefficient (Wildman–Crippen LogP) is 3.39. The summed E-state index contributed by atoms with van der Waals surface area (Å²) in [5, 5.41) is 6.23. The summed E-state index contributed by atoms with van der Waals surface area (Å²) >= 11 is 0. The maximum absolute atomic E-state index is 4.38. The smallest absolute Gasteiger partial charge is 0.151 e. The van der Waals surface area contributed by atoms with Crippen LogP contribution in [0, 0.1) is 0 Å². The summed E-state index contributed by atoms with van der Waals surface area (Å²) in [5.74, 6) is 2.00. The number of nitrogens with zero attached hydrogens (tertiary/aromatic N) is 2. The minimum Gasteiger partial charge on any atom is -0.372 e. The van der Waals surface area contributed by atoms with Crippen LogP contribution in [0.5, 0.6) is 0 Å². The number of hydrogen-bond donors (Lipinski definition) is 2. The second-order valence-electron chi connectivity index (χ2n) is 4.44. The minimum atomic E-state index is 0.515. The third-order valence-corrected chi connectivity index (χ3v) is 2.72. The minimum absolute atomic E-state index is 0.515. The van der Waals surface area contributed by atoms with Gasteiger partial charge in [0.05, 0.1) is 12.4 Å². The molecule has 0 atom stereocenters. The van der Waals surface area contributed by atoms with Gasteiger partial charge in [0, 0.05) is 12.7 Å². The average Bonchev–Trinajstić information content (AvgIpc) is 2.39. The molecule has 0 spiro atoms.